The Bertz CT molecular complexity index is 1330. The number of nitrogen functional groups attached to an aromatic ring is 1. The largest absolute Gasteiger partial charge is 0.493 e. The highest BCUT2D eigenvalue weighted by atomic mass is 32.1. The predicted molar refractivity (Wildman–Crippen MR) is 140 cm³/mol. The van der Waals surface area contributed by atoms with Crippen molar-refractivity contribution in [2.24, 2.45) is 5.73 Å². The number of esters is 1. The minimum Gasteiger partial charge on any atom is -0.493 e. The summed E-state index contributed by atoms with van der Waals surface area (Å²) in [6, 6.07) is 11.7. The molecule has 0 unspecified atom stereocenters. The Hall–Kier alpha value is -4.65. The van der Waals surface area contributed by atoms with Gasteiger partial charge in [0.2, 0.25) is 5.91 Å². The lowest BCUT2D eigenvalue weighted by Crippen LogP contribution is -2.45. The molecular weight excluding hydrogens is 514 g/mol. The Balaban J connectivity index is 2.19. The van der Waals surface area contributed by atoms with E-state index in [1.54, 1.807) is 55.5 Å². The molecular formula is C25H27N5O7S. The molecule has 0 radical (unpaired) electrons. The molecule has 2 aromatic carbocycles. The van der Waals surface area contributed by atoms with E-state index in [2.05, 4.69) is 9.69 Å². The summed E-state index contributed by atoms with van der Waals surface area (Å²) >= 11 is 0.681. The lowest BCUT2D eigenvalue weighted by atomic mass is 10.0. The van der Waals surface area contributed by atoms with E-state index in [1.165, 1.54) is 19.1 Å². The van der Waals surface area contributed by atoms with Gasteiger partial charge in [0.05, 0.1) is 26.5 Å². The minimum absolute atomic E-state index is 0.0914. The molecule has 0 spiro atoms. The second-order valence-electron chi connectivity index (χ2n) is 7.69. The summed E-state index contributed by atoms with van der Waals surface area (Å²) in [5, 5.41) is 2.53. The van der Waals surface area contributed by atoms with Crippen LogP contribution >= 0.6 is 11.5 Å². The molecule has 3 amide bonds. The summed E-state index contributed by atoms with van der Waals surface area (Å²) in [5.74, 6) is -2.25. The number of para-hydroxylation sites is 1. The van der Waals surface area contributed by atoms with Crippen molar-refractivity contribution in [3.05, 3.63) is 64.7 Å². The van der Waals surface area contributed by atoms with Crippen LogP contribution in [-0.2, 0) is 14.3 Å². The van der Waals surface area contributed by atoms with Crippen molar-refractivity contribution in [1.82, 2.24) is 9.69 Å². The summed E-state index contributed by atoms with van der Waals surface area (Å²) in [4.78, 5) is 52.4. The van der Waals surface area contributed by atoms with Gasteiger partial charge in [-0.25, -0.2) is 0 Å². The molecule has 5 N–H and O–H groups in total. The number of nitrogens with zero attached hydrogens (tertiary/aromatic N) is 2. The quantitative estimate of drug-likeness (QED) is 0.306. The first kappa shape index (κ1) is 27.9. The van der Waals surface area contributed by atoms with Crippen LogP contribution in [0, 0.1) is 0 Å². The molecule has 1 heterocycles. The van der Waals surface area contributed by atoms with Crippen LogP contribution < -0.4 is 31.2 Å². The molecule has 0 aliphatic carbocycles. The predicted octanol–water partition coefficient (Wildman–Crippen LogP) is 1.91. The van der Waals surface area contributed by atoms with E-state index < -0.39 is 36.3 Å². The van der Waals surface area contributed by atoms with Crippen molar-refractivity contribution in [3.63, 3.8) is 0 Å². The van der Waals surface area contributed by atoms with Crippen molar-refractivity contribution in [1.29, 1.82) is 0 Å². The van der Waals surface area contributed by atoms with E-state index in [0.29, 0.717) is 34.3 Å². The zero-order valence-corrected chi connectivity index (χ0v) is 21.7. The molecule has 12 nitrogen and oxygen atoms in total. The summed E-state index contributed by atoms with van der Waals surface area (Å²) in [7, 11) is 2.89. The summed E-state index contributed by atoms with van der Waals surface area (Å²) in [6.07, 6.45) is 0. The molecule has 1 atom stereocenters. The van der Waals surface area contributed by atoms with Crippen molar-refractivity contribution >= 4 is 46.6 Å². The Morgan fingerprint density at radius 3 is 2.32 bits per heavy atom. The van der Waals surface area contributed by atoms with Gasteiger partial charge in [-0.3, -0.25) is 24.1 Å². The minimum atomic E-state index is -1.32. The third-order valence-corrected chi connectivity index (χ3v) is 6.20. The highest BCUT2D eigenvalue weighted by molar-refractivity contribution is 7.09. The number of methoxy groups -OCH3 is 2. The fourth-order valence-electron chi connectivity index (χ4n) is 3.62. The normalized spacial score (nSPS) is 11.2. The van der Waals surface area contributed by atoms with Crippen LogP contribution in [0.25, 0.3) is 0 Å². The van der Waals surface area contributed by atoms with E-state index >= 15 is 0 Å². The first-order chi connectivity index (χ1) is 18.2. The van der Waals surface area contributed by atoms with Gasteiger partial charge in [0.1, 0.15) is 17.5 Å². The van der Waals surface area contributed by atoms with Crippen LogP contribution in [0.2, 0.25) is 0 Å². The van der Waals surface area contributed by atoms with Crippen LogP contribution in [0.15, 0.2) is 48.5 Å². The number of primary amides is 1. The number of aromatic nitrogens is 1. The monoisotopic (exact) mass is 541 g/mol. The molecule has 0 saturated heterocycles. The topological polar surface area (TPSA) is 176 Å². The van der Waals surface area contributed by atoms with Crippen molar-refractivity contribution in [2.45, 2.75) is 13.0 Å². The van der Waals surface area contributed by atoms with Crippen LogP contribution in [0.5, 0.6) is 11.5 Å². The Morgan fingerprint density at radius 2 is 1.74 bits per heavy atom. The van der Waals surface area contributed by atoms with Gasteiger partial charge in [0, 0.05) is 5.69 Å². The molecule has 3 rings (SSSR count). The van der Waals surface area contributed by atoms with Crippen LogP contribution in [0.3, 0.4) is 0 Å². The molecule has 0 fully saturated rings. The SMILES string of the molecule is CCOC(=O)CNC(=O)[C@@H](c1ccc(OC)c(OC)c1)N(C(=O)c1snc(C(N)=O)c1N)c1ccccc1. The summed E-state index contributed by atoms with van der Waals surface area (Å²) < 4.78 is 19.5. The lowest BCUT2D eigenvalue weighted by molar-refractivity contribution is -0.143. The van der Waals surface area contributed by atoms with Gasteiger partial charge in [-0.1, -0.05) is 24.3 Å². The molecule has 38 heavy (non-hydrogen) atoms. The number of ether oxygens (including phenoxy) is 3. The van der Waals surface area contributed by atoms with Crippen LogP contribution in [-0.4, -0.2) is 55.4 Å². The standard InChI is InChI=1S/C25H27N5O7S/c1-4-37-18(31)13-28-24(33)21(14-10-11-16(35-2)17(12-14)36-3)30(15-8-6-5-7-9-15)25(34)22-19(26)20(23(27)32)29-38-22/h5-12,21H,4,13,26H2,1-3H3,(H2,27,32)(H,28,33)/t21-/m1/s1. The summed E-state index contributed by atoms with van der Waals surface area (Å²) in [6.45, 7) is 1.35. The van der Waals surface area contributed by atoms with Gasteiger partial charge >= 0.3 is 5.97 Å². The number of hydrogen-bond donors (Lipinski definition) is 3. The molecule has 0 aliphatic heterocycles. The molecule has 0 aliphatic rings. The number of carbonyl (C=O) groups is 4. The molecule has 1 aromatic heterocycles. The highest BCUT2D eigenvalue weighted by Crippen LogP contribution is 2.36. The van der Waals surface area contributed by atoms with Gasteiger partial charge in [-0.05, 0) is 48.3 Å². The van der Waals surface area contributed by atoms with Crippen molar-refractivity contribution < 1.29 is 33.4 Å². The zero-order chi connectivity index (χ0) is 27.8. The second-order valence-corrected chi connectivity index (χ2v) is 8.46. The molecule has 13 heteroatoms. The average Bonchev–Trinajstić information content (AvgIpc) is 3.31. The fourth-order valence-corrected chi connectivity index (χ4v) is 4.36. The Labute approximate surface area is 222 Å². The fraction of sp³-hybridized carbons (Fsp3) is 0.240. The van der Waals surface area contributed by atoms with Crippen LogP contribution in [0.1, 0.15) is 38.7 Å². The first-order valence-corrected chi connectivity index (χ1v) is 12.1. The maximum atomic E-state index is 14.0. The Morgan fingerprint density at radius 1 is 1.05 bits per heavy atom. The third kappa shape index (κ3) is 6.00. The van der Waals surface area contributed by atoms with Gasteiger partial charge in [-0.2, -0.15) is 4.37 Å². The molecule has 200 valence electrons. The highest BCUT2D eigenvalue weighted by Gasteiger charge is 2.36. The molecule has 0 bridgehead atoms. The lowest BCUT2D eigenvalue weighted by Gasteiger charge is -2.31. The maximum Gasteiger partial charge on any atom is 0.325 e. The number of anilines is 2. The average molecular weight is 542 g/mol. The smallest absolute Gasteiger partial charge is 0.325 e. The Kier molecular flexibility index (Phi) is 9.22. The van der Waals surface area contributed by atoms with Gasteiger partial charge < -0.3 is 31.0 Å². The van der Waals surface area contributed by atoms with Gasteiger partial charge in [-0.15, -0.1) is 0 Å². The van der Waals surface area contributed by atoms with Crippen molar-refractivity contribution in [3.8, 4) is 11.5 Å². The van der Waals surface area contributed by atoms with Crippen LogP contribution in [0.4, 0.5) is 11.4 Å². The summed E-state index contributed by atoms with van der Waals surface area (Å²) in [5.41, 5.74) is 11.6. The van der Waals surface area contributed by atoms with E-state index in [-0.39, 0.29) is 22.9 Å². The number of nitrogens with two attached hydrogens (primary N) is 2. The number of carbonyl (C=O) groups excluding carboxylic acids is 4. The van der Waals surface area contributed by atoms with Crippen molar-refractivity contribution in [2.75, 3.05) is 38.0 Å². The number of hydrogen-bond acceptors (Lipinski definition) is 10. The third-order valence-electron chi connectivity index (χ3n) is 5.35. The number of amides is 3. The van der Waals surface area contributed by atoms with Gasteiger partial charge in [0.15, 0.2) is 17.2 Å². The van der Waals surface area contributed by atoms with E-state index in [0.717, 1.165) is 0 Å². The molecule has 3 aromatic rings. The van der Waals surface area contributed by atoms with E-state index in [1.807, 2.05) is 0 Å². The number of nitrogens with one attached hydrogen (secondary N) is 1. The van der Waals surface area contributed by atoms with Gasteiger partial charge in [0.25, 0.3) is 11.8 Å². The second kappa shape index (κ2) is 12.5. The van der Waals surface area contributed by atoms with E-state index in [4.69, 9.17) is 25.7 Å². The van der Waals surface area contributed by atoms with E-state index in [9.17, 15) is 19.2 Å². The molecule has 0 saturated carbocycles. The zero-order valence-electron chi connectivity index (χ0n) is 20.9. The first-order valence-electron chi connectivity index (χ1n) is 11.3. The number of benzene rings is 2. The number of rotatable bonds is 11. The maximum absolute atomic E-state index is 14.0.